The molecule has 0 aromatic heterocycles. The van der Waals surface area contributed by atoms with Crippen LogP contribution in [0.1, 0.15) is 30.0 Å². The molecule has 0 saturated carbocycles. The molecule has 0 spiro atoms. The maximum Gasteiger partial charge on any atom is 0.203 e. The summed E-state index contributed by atoms with van der Waals surface area (Å²) in [6, 6.07) is 12.8. The SMILES string of the molecule is COc1cccc(C(CNCc2cc(OC)c3c(c2)OCCO3)N2CCCC2)c1. The van der Waals surface area contributed by atoms with E-state index in [2.05, 4.69) is 28.4 Å². The molecular weight excluding hydrogens is 368 g/mol. The Morgan fingerprint density at radius 2 is 1.86 bits per heavy atom. The number of methoxy groups -OCH3 is 2. The van der Waals surface area contributed by atoms with Crippen molar-refractivity contribution in [2.75, 3.05) is 47.1 Å². The lowest BCUT2D eigenvalue weighted by molar-refractivity contribution is 0.165. The van der Waals surface area contributed by atoms with Gasteiger partial charge in [-0.25, -0.2) is 0 Å². The van der Waals surface area contributed by atoms with Gasteiger partial charge in [0.1, 0.15) is 19.0 Å². The summed E-state index contributed by atoms with van der Waals surface area (Å²) in [7, 11) is 3.38. The molecule has 0 aliphatic carbocycles. The van der Waals surface area contributed by atoms with Gasteiger partial charge in [-0.3, -0.25) is 4.90 Å². The van der Waals surface area contributed by atoms with E-state index in [-0.39, 0.29) is 0 Å². The summed E-state index contributed by atoms with van der Waals surface area (Å²) in [4.78, 5) is 2.56. The van der Waals surface area contributed by atoms with Crippen LogP contribution in [0.4, 0.5) is 0 Å². The number of rotatable bonds is 8. The van der Waals surface area contributed by atoms with Gasteiger partial charge in [-0.15, -0.1) is 0 Å². The van der Waals surface area contributed by atoms with Crippen molar-refractivity contribution in [2.45, 2.75) is 25.4 Å². The minimum atomic E-state index is 0.326. The molecule has 6 heteroatoms. The van der Waals surface area contributed by atoms with Crippen LogP contribution in [0, 0.1) is 0 Å². The Bertz CT molecular complexity index is 803. The summed E-state index contributed by atoms with van der Waals surface area (Å²) in [5.41, 5.74) is 2.41. The first kappa shape index (κ1) is 19.9. The fraction of sp³-hybridized carbons (Fsp3) is 0.478. The van der Waals surface area contributed by atoms with Gasteiger partial charge in [-0.05, 0) is 61.3 Å². The van der Waals surface area contributed by atoms with Crippen molar-refractivity contribution in [3.05, 3.63) is 47.5 Å². The standard InChI is InChI=1S/C23H30N2O4/c1-26-19-7-5-6-18(14-19)20(25-8-3-4-9-25)16-24-15-17-12-21(27-2)23-22(13-17)28-10-11-29-23/h5-7,12-14,20,24H,3-4,8-11,15-16H2,1-2H3. The van der Waals surface area contributed by atoms with Crippen molar-refractivity contribution in [2.24, 2.45) is 0 Å². The lowest BCUT2D eigenvalue weighted by atomic mass is 10.0. The molecule has 1 atom stereocenters. The average Bonchev–Trinajstić information content (AvgIpc) is 3.30. The topological polar surface area (TPSA) is 52.2 Å². The third-order valence-corrected chi connectivity index (χ3v) is 5.61. The quantitative estimate of drug-likeness (QED) is 0.736. The van der Waals surface area contributed by atoms with Crippen LogP contribution >= 0.6 is 0 Å². The number of hydrogen-bond donors (Lipinski definition) is 1. The Hall–Kier alpha value is -2.44. The Balaban J connectivity index is 1.46. The third kappa shape index (κ3) is 4.60. The molecular formula is C23H30N2O4. The zero-order valence-electron chi connectivity index (χ0n) is 17.3. The first-order valence-corrected chi connectivity index (χ1v) is 10.3. The molecule has 0 bridgehead atoms. The molecule has 1 N–H and O–H groups in total. The highest BCUT2D eigenvalue weighted by Gasteiger charge is 2.24. The average molecular weight is 399 g/mol. The van der Waals surface area contributed by atoms with Crippen LogP contribution in [0.15, 0.2) is 36.4 Å². The number of likely N-dealkylation sites (tertiary alicyclic amines) is 1. The summed E-state index contributed by atoms with van der Waals surface area (Å²) >= 11 is 0. The molecule has 6 nitrogen and oxygen atoms in total. The Morgan fingerprint density at radius 1 is 1.03 bits per heavy atom. The monoisotopic (exact) mass is 398 g/mol. The number of nitrogens with one attached hydrogen (secondary N) is 1. The van der Waals surface area contributed by atoms with Gasteiger partial charge in [0.2, 0.25) is 5.75 Å². The first-order valence-electron chi connectivity index (χ1n) is 10.3. The maximum atomic E-state index is 5.76. The van der Waals surface area contributed by atoms with Gasteiger partial charge in [0.05, 0.1) is 14.2 Å². The van der Waals surface area contributed by atoms with Crippen LogP contribution in [-0.2, 0) is 6.54 Å². The molecule has 2 heterocycles. The first-order chi connectivity index (χ1) is 14.3. The van der Waals surface area contributed by atoms with Gasteiger partial charge < -0.3 is 24.3 Å². The van der Waals surface area contributed by atoms with Crippen LogP contribution in [0.5, 0.6) is 23.0 Å². The van der Waals surface area contributed by atoms with Crippen LogP contribution in [0.25, 0.3) is 0 Å². The second-order valence-corrected chi connectivity index (χ2v) is 7.49. The molecule has 1 unspecified atom stereocenters. The highest BCUT2D eigenvalue weighted by atomic mass is 16.6. The fourth-order valence-corrected chi connectivity index (χ4v) is 4.14. The van der Waals surface area contributed by atoms with Crippen LogP contribution in [-0.4, -0.2) is 52.0 Å². The number of benzene rings is 2. The maximum absolute atomic E-state index is 5.76. The van der Waals surface area contributed by atoms with E-state index in [0.29, 0.717) is 25.0 Å². The zero-order valence-corrected chi connectivity index (χ0v) is 17.3. The van der Waals surface area contributed by atoms with E-state index in [9.17, 15) is 0 Å². The van der Waals surface area contributed by atoms with Gasteiger partial charge in [-0.2, -0.15) is 0 Å². The summed E-state index contributed by atoms with van der Waals surface area (Å²) < 4.78 is 22.4. The van der Waals surface area contributed by atoms with Crippen molar-refractivity contribution in [1.29, 1.82) is 0 Å². The third-order valence-electron chi connectivity index (χ3n) is 5.61. The summed E-state index contributed by atoms with van der Waals surface area (Å²) in [6.07, 6.45) is 2.53. The van der Waals surface area contributed by atoms with Crippen molar-refractivity contribution >= 4 is 0 Å². The number of hydrogen-bond acceptors (Lipinski definition) is 6. The van der Waals surface area contributed by atoms with E-state index in [1.807, 2.05) is 18.2 Å². The highest BCUT2D eigenvalue weighted by Crippen LogP contribution is 2.40. The largest absolute Gasteiger partial charge is 0.497 e. The lowest BCUT2D eigenvalue weighted by Crippen LogP contribution is -2.34. The van der Waals surface area contributed by atoms with Crippen molar-refractivity contribution < 1.29 is 18.9 Å². The van der Waals surface area contributed by atoms with E-state index in [4.69, 9.17) is 18.9 Å². The molecule has 4 rings (SSSR count). The van der Waals surface area contributed by atoms with Crippen LogP contribution in [0.3, 0.4) is 0 Å². The highest BCUT2D eigenvalue weighted by molar-refractivity contribution is 5.54. The van der Waals surface area contributed by atoms with Gasteiger partial charge >= 0.3 is 0 Å². The van der Waals surface area contributed by atoms with Crippen molar-refractivity contribution in [3.63, 3.8) is 0 Å². The number of fused-ring (bicyclic) bond motifs is 1. The van der Waals surface area contributed by atoms with Gasteiger partial charge in [0, 0.05) is 19.1 Å². The van der Waals surface area contributed by atoms with E-state index >= 15 is 0 Å². The van der Waals surface area contributed by atoms with Crippen molar-refractivity contribution in [1.82, 2.24) is 10.2 Å². The van der Waals surface area contributed by atoms with E-state index in [1.165, 1.54) is 18.4 Å². The van der Waals surface area contributed by atoms with Crippen LogP contribution in [0.2, 0.25) is 0 Å². The second-order valence-electron chi connectivity index (χ2n) is 7.49. The molecule has 2 aliphatic rings. The lowest BCUT2D eigenvalue weighted by Gasteiger charge is -2.29. The second kappa shape index (κ2) is 9.37. The predicted octanol–water partition coefficient (Wildman–Crippen LogP) is 3.40. The van der Waals surface area contributed by atoms with E-state index < -0.39 is 0 Å². The van der Waals surface area contributed by atoms with E-state index in [0.717, 1.165) is 49.0 Å². The normalized spacial score (nSPS) is 17.2. The Kier molecular flexibility index (Phi) is 6.42. The van der Waals surface area contributed by atoms with Gasteiger partial charge in [0.15, 0.2) is 11.5 Å². The molecule has 2 aromatic carbocycles. The minimum absolute atomic E-state index is 0.326. The molecule has 2 aliphatic heterocycles. The summed E-state index contributed by atoms with van der Waals surface area (Å²) in [5.74, 6) is 3.09. The summed E-state index contributed by atoms with van der Waals surface area (Å²) in [6.45, 7) is 5.01. The predicted molar refractivity (Wildman–Crippen MR) is 112 cm³/mol. The molecule has 1 saturated heterocycles. The Labute approximate surface area is 172 Å². The van der Waals surface area contributed by atoms with Gasteiger partial charge in [-0.1, -0.05) is 12.1 Å². The fourth-order valence-electron chi connectivity index (χ4n) is 4.14. The van der Waals surface area contributed by atoms with Gasteiger partial charge in [0.25, 0.3) is 0 Å². The molecule has 156 valence electrons. The molecule has 0 radical (unpaired) electrons. The summed E-state index contributed by atoms with van der Waals surface area (Å²) in [5, 5.41) is 3.64. The Morgan fingerprint density at radius 3 is 2.66 bits per heavy atom. The van der Waals surface area contributed by atoms with Crippen molar-refractivity contribution in [3.8, 4) is 23.0 Å². The molecule has 2 aromatic rings. The smallest absolute Gasteiger partial charge is 0.203 e. The molecule has 1 fully saturated rings. The molecule has 0 amide bonds. The van der Waals surface area contributed by atoms with E-state index in [1.54, 1.807) is 14.2 Å². The molecule has 29 heavy (non-hydrogen) atoms. The number of nitrogens with zero attached hydrogens (tertiary/aromatic N) is 1. The van der Waals surface area contributed by atoms with Crippen LogP contribution < -0.4 is 24.3 Å². The minimum Gasteiger partial charge on any atom is -0.497 e. The zero-order chi connectivity index (χ0) is 20.1. The number of ether oxygens (including phenoxy) is 4.